The lowest BCUT2D eigenvalue weighted by atomic mass is 9.90. The Morgan fingerprint density at radius 3 is 2.36 bits per heavy atom. The smallest absolute Gasteiger partial charge is 0.0738 e. The highest BCUT2D eigenvalue weighted by Gasteiger charge is 2.19. The largest absolute Gasteiger partial charge is 0.290 e. The van der Waals surface area contributed by atoms with Crippen LogP contribution in [0.15, 0.2) is 30.3 Å². The van der Waals surface area contributed by atoms with Crippen LogP contribution in [0.1, 0.15) is 24.3 Å². The third-order valence-corrected chi connectivity index (χ3v) is 3.37. The molecule has 1 saturated heterocycles. The second-order valence-electron chi connectivity index (χ2n) is 3.92. The van der Waals surface area contributed by atoms with Crippen molar-refractivity contribution in [2.24, 2.45) is 0 Å². The van der Waals surface area contributed by atoms with Gasteiger partial charge in [-0.3, -0.25) is 4.90 Å². The lowest BCUT2D eigenvalue weighted by Gasteiger charge is -2.30. The molecule has 2 rings (SSSR count). The summed E-state index contributed by atoms with van der Waals surface area (Å²) in [6.45, 7) is 2.28. The second-order valence-corrected chi connectivity index (χ2v) is 4.16. The van der Waals surface area contributed by atoms with E-state index in [-0.39, 0.29) is 0 Å². The van der Waals surface area contributed by atoms with Crippen LogP contribution in [0.4, 0.5) is 0 Å². The Labute approximate surface area is 90.7 Å². The number of rotatable bonds is 2. The highest BCUT2D eigenvalue weighted by Crippen LogP contribution is 2.27. The zero-order chi connectivity index (χ0) is 9.80. The molecule has 14 heavy (non-hydrogen) atoms. The van der Waals surface area contributed by atoms with Gasteiger partial charge >= 0.3 is 0 Å². The minimum atomic E-state index is 0.682. The highest BCUT2D eigenvalue weighted by molar-refractivity contribution is 6.17. The lowest BCUT2D eigenvalue weighted by Crippen LogP contribution is -2.31. The minimum absolute atomic E-state index is 0.682. The number of alkyl halides is 1. The first kappa shape index (κ1) is 10.0. The first-order valence-corrected chi connectivity index (χ1v) is 5.77. The average Bonchev–Trinajstić information content (AvgIpc) is 2.30. The number of nitrogens with zero attached hydrogens (tertiary/aromatic N) is 1. The average molecular weight is 210 g/mol. The van der Waals surface area contributed by atoms with Crippen molar-refractivity contribution in [3.8, 4) is 0 Å². The van der Waals surface area contributed by atoms with E-state index in [0.717, 1.165) is 19.0 Å². The first-order chi connectivity index (χ1) is 6.90. The third kappa shape index (κ3) is 2.28. The van der Waals surface area contributed by atoms with E-state index in [1.54, 1.807) is 0 Å². The van der Waals surface area contributed by atoms with Gasteiger partial charge in [-0.05, 0) is 37.4 Å². The summed E-state index contributed by atoms with van der Waals surface area (Å²) in [4.78, 5) is 2.31. The van der Waals surface area contributed by atoms with Crippen molar-refractivity contribution in [2.75, 3.05) is 19.1 Å². The predicted octanol–water partition coefficient (Wildman–Crippen LogP) is 3.06. The molecule has 0 spiro atoms. The summed E-state index contributed by atoms with van der Waals surface area (Å²) in [5.41, 5.74) is 1.49. The molecule has 1 aromatic rings. The van der Waals surface area contributed by atoms with Gasteiger partial charge in [0.25, 0.3) is 0 Å². The van der Waals surface area contributed by atoms with E-state index in [1.807, 2.05) is 0 Å². The van der Waals surface area contributed by atoms with Crippen LogP contribution in [0.5, 0.6) is 0 Å². The van der Waals surface area contributed by atoms with E-state index >= 15 is 0 Å². The van der Waals surface area contributed by atoms with E-state index in [4.69, 9.17) is 11.6 Å². The molecule has 0 amide bonds. The van der Waals surface area contributed by atoms with Crippen molar-refractivity contribution in [1.29, 1.82) is 0 Å². The maximum Gasteiger partial charge on any atom is 0.0738 e. The molecular weight excluding hydrogens is 194 g/mol. The molecule has 1 fully saturated rings. The number of piperidine rings is 1. The van der Waals surface area contributed by atoms with E-state index in [2.05, 4.69) is 35.2 Å². The van der Waals surface area contributed by atoms with E-state index in [9.17, 15) is 0 Å². The molecule has 0 unspecified atom stereocenters. The van der Waals surface area contributed by atoms with Crippen molar-refractivity contribution in [3.63, 3.8) is 0 Å². The van der Waals surface area contributed by atoms with Gasteiger partial charge in [0.05, 0.1) is 6.00 Å². The van der Waals surface area contributed by atoms with Crippen LogP contribution in [0.2, 0.25) is 0 Å². The fourth-order valence-corrected chi connectivity index (χ4v) is 2.35. The lowest BCUT2D eigenvalue weighted by molar-refractivity contribution is 0.243. The van der Waals surface area contributed by atoms with Crippen LogP contribution >= 0.6 is 11.6 Å². The second kappa shape index (κ2) is 4.81. The zero-order valence-electron chi connectivity index (χ0n) is 8.32. The number of likely N-dealkylation sites (tertiary alicyclic amines) is 1. The molecule has 1 nitrogen and oxygen atoms in total. The van der Waals surface area contributed by atoms with Gasteiger partial charge in [-0.15, -0.1) is 11.6 Å². The number of halogens is 1. The van der Waals surface area contributed by atoms with Crippen molar-refractivity contribution in [3.05, 3.63) is 35.9 Å². The molecule has 0 aliphatic carbocycles. The number of hydrogen-bond acceptors (Lipinski definition) is 1. The monoisotopic (exact) mass is 209 g/mol. The molecule has 0 saturated carbocycles. The van der Waals surface area contributed by atoms with Crippen LogP contribution in [0.25, 0.3) is 0 Å². The summed E-state index contributed by atoms with van der Waals surface area (Å²) in [5, 5.41) is 0. The standard InChI is InChI=1S/C12H16ClN/c13-10-14-8-6-12(7-9-14)11-4-2-1-3-5-11/h1-5,12H,6-10H2. The molecule has 0 aromatic heterocycles. The van der Waals surface area contributed by atoms with Gasteiger partial charge in [0.1, 0.15) is 0 Å². The predicted molar refractivity (Wildman–Crippen MR) is 60.7 cm³/mol. The SMILES string of the molecule is ClCN1CCC(c2ccccc2)CC1. The zero-order valence-corrected chi connectivity index (χ0v) is 9.08. The fourth-order valence-electron chi connectivity index (χ4n) is 2.11. The minimum Gasteiger partial charge on any atom is -0.290 e. The normalized spacial score (nSPS) is 19.8. The van der Waals surface area contributed by atoms with E-state index in [1.165, 1.54) is 18.4 Å². The van der Waals surface area contributed by atoms with Crippen LogP contribution in [0.3, 0.4) is 0 Å². The third-order valence-electron chi connectivity index (χ3n) is 3.03. The molecule has 1 aliphatic heterocycles. The van der Waals surface area contributed by atoms with Crippen LogP contribution in [0, 0.1) is 0 Å². The van der Waals surface area contributed by atoms with Crippen LogP contribution < -0.4 is 0 Å². The number of hydrogen-bond donors (Lipinski definition) is 0. The van der Waals surface area contributed by atoms with Crippen molar-refractivity contribution in [2.45, 2.75) is 18.8 Å². The van der Waals surface area contributed by atoms with E-state index < -0.39 is 0 Å². The molecule has 0 bridgehead atoms. The molecule has 2 heteroatoms. The summed E-state index contributed by atoms with van der Waals surface area (Å²) < 4.78 is 0. The molecular formula is C12H16ClN. The Morgan fingerprint density at radius 2 is 1.79 bits per heavy atom. The summed E-state index contributed by atoms with van der Waals surface area (Å²) in [6, 6.07) is 11.5. The number of benzene rings is 1. The Kier molecular flexibility index (Phi) is 3.44. The van der Waals surface area contributed by atoms with Gasteiger partial charge in [0, 0.05) is 0 Å². The van der Waals surface area contributed by atoms with Gasteiger partial charge in [-0.2, -0.15) is 0 Å². The quantitative estimate of drug-likeness (QED) is 0.535. The molecule has 0 N–H and O–H groups in total. The topological polar surface area (TPSA) is 3.24 Å². The molecule has 0 radical (unpaired) electrons. The molecule has 0 atom stereocenters. The van der Waals surface area contributed by atoms with Crippen LogP contribution in [-0.2, 0) is 0 Å². The Balaban J connectivity index is 1.96. The van der Waals surface area contributed by atoms with Crippen molar-refractivity contribution in [1.82, 2.24) is 4.90 Å². The molecule has 76 valence electrons. The van der Waals surface area contributed by atoms with Gasteiger partial charge < -0.3 is 0 Å². The van der Waals surface area contributed by atoms with E-state index in [0.29, 0.717) is 6.00 Å². The van der Waals surface area contributed by atoms with Crippen LogP contribution in [-0.4, -0.2) is 24.0 Å². The fraction of sp³-hybridized carbons (Fsp3) is 0.500. The highest BCUT2D eigenvalue weighted by atomic mass is 35.5. The Bertz CT molecular complexity index is 265. The van der Waals surface area contributed by atoms with Gasteiger partial charge in [0.2, 0.25) is 0 Å². The molecule has 1 heterocycles. The van der Waals surface area contributed by atoms with Crippen molar-refractivity contribution < 1.29 is 0 Å². The Morgan fingerprint density at radius 1 is 1.14 bits per heavy atom. The van der Waals surface area contributed by atoms with Gasteiger partial charge in [-0.1, -0.05) is 30.3 Å². The first-order valence-electron chi connectivity index (χ1n) is 5.23. The maximum atomic E-state index is 5.80. The summed E-state index contributed by atoms with van der Waals surface area (Å²) in [5.74, 6) is 0.746. The maximum absolute atomic E-state index is 5.80. The molecule has 1 aromatic carbocycles. The molecule has 1 aliphatic rings. The summed E-state index contributed by atoms with van der Waals surface area (Å²) >= 11 is 5.80. The van der Waals surface area contributed by atoms with Gasteiger partial charge in [0.15, 0.2) is 0 Å². The summed E-state index contributed by atoms with van der Waals surface area (Å²) in [6.07, 6.45) is 2.49. The Hall–Kier alpha value is -0.530. The summed E-state index contributed by atoms with van der Waals surface area (Å²) in [7, 11) is 0. The van der Waals surface area contributed by atoms with Crippen molar-refractivity contribution >= 4 is 11.6 Å². The van der Waals surface area contributed by atoms with Gasteiger partial charge in [-0.25, -0.2) is 0 Å².